The lowest BCUT2D eigenvalue weighted by Crippen LogP contribution is -2.16. The second-order valence-corrected chi connectivity index (χ2v) is 6.75. The Hall–Kier alpha value is -1.36. The molecule has 0 bridgehead atoms. The van der Waals surface area contributed by atoms with Crippen LogP contribution in [0, 0.1) is 6.92 Å². The van der Waals surface area contributed by atoms with Crippen molar-refractivity contribution in [2.75, 3.05) is 11.5 Å². The number of hydrogen-bond donors (Lipinski definition) is 0. The fraction of sp³-hybridized carbons (Fsp3) is 0.462. The molecule has 0 N–H and O–H groups in total. The molecule has 0 aliphatic heterocycles. The Morgan fingerprint density at radius 1 is 1.22 bits per heavy atom. The minimum Gasteiger partial charge on any atom is -0.327 e. The molecule has 0 atom stereocenters. The summed E-state index contributed by atoms with van der Waals surface area (Å²) in [5.74, 6) is 1.31. The lowest BCUT2D eigenvalue weighted by Gasteiger charge is -2.07. The van der Waals surface area contributed by atoms with Crippen molar-refractivity contribution in [3.05, 3.63) is 30.1 Å². The molecule has 2 aromatic rings. The van der Waals surface area contributed by atoms with Crippen LogP contribution < -0.4 is 0 Å². The van der Waals surface area contributed by atoms with E-state index in [1.807, 2.05) is 42.7 Å². The van der Waals surface area contributed by atoms with Crippen molar-refractivity contribution in [2.45, 2.75) is 26.8 Å². The predicted octanol–water partition coefficient (Wildman–Crippen LogP) is 2.17. The van der Waals surface area contributed by atoms with E-state index in [4.69, 9.17) is 0 Å². The smallest absolute Gasteiger partial charge is 0.152 e. The molecule has 5 heteroatoms. The van der Waals surface area contributed by atoms with Crippen molar-refractivity contribution in [1.29, 1.82) is 0 Å². The highest BCUT2D eigenvalue weighted by atomic mass is 32.2. The molecule has 4 nitrogen and oxygen atoms in total. The maximum atomic E-state index is 11.7. The van der Waals surface area contributed by atoms with Gasteiger partial charge in [0.25, 0.3) is 0 Å². The van der Waals surface area contributed by atoms with Crippen LogP contribution in [0.25, 0.3) is 11.0 Å². The molecule has 1 aromatic heterocycles. The molecule has 1 heterocycles. The number of rotatable bonds is 5. The number of hydrogen-bond acceptors (Lipinski definition) is 3. The summed E-state index contributed by atoms with van der Waals surface area (Å²) in [6, 6.07) is 7.80. The van der Waals surface area contributed by atoms with Crippen LogP contribution in [-0.4, -0.2) is 29.5 Å². The molecule has 0 saturated heterocycles. The van der Waals surface area contributed by atoms with Crippen LogP contribution in [0.4, 0.5) is 0 Å². The highest BCUT2D eigenvalue weighted by molar-refractivity contribution is 7.91. The van der Waals surface area contributed by atoms with Gasteiger partial charge in [0.1, 0.15) is 5.82 Å². The Balaban J connectivity index is 2.25. The summed E-state index contributed by atoms with van der Waals surface area (Å²) in [4.78, 5) is 4.43. The molecule has 0 unspecified atom stereocenters. The number of sulfone groups is 1. The highest BCUT2D eigenvalue weighted by Crippen LogP contribution is 2.15. The number of nitrogens with zero attached hydrogens (tertiary/aromatic N) is 2. The second-order valence-electron chi connectivity index (χ2n) is 4.45. The zero-order valence-electron chi connectivity index (χ0n) is 10.8. The first-order valence-corrected chi connectivity index (χ1v) is 7.98. The van der Waals surface area contributed by atoms with Gasteiger partial charge in [-0.1, -0.05) is 19.1 Å². The molecular weight excluding hydrogens is 248 g/mol. The molecule has 1 aromatic carbocycles. The molecule has 0 radical (unpaired) electrons. The topological polar surface area (TPSA) is 52.0 Å². The molecule has 18 heavy (non-hydrogen) atoms. The molecule has 0 aliphatic carbocycles. The van der Waals surface area contributed by atoms with E-state index in [0.717, 1.165) is 16.9 Å². The van der Waals surface area contributed by atoms with Crippen molar-refractivity contribution in [1.82, 2.24) is 9.55 Å². The van der Waals surface area contributed by atoms with Gasteiger partial charge in [0.15, 0.2) is 9.84 Å². The first-order chi connectivity index (χ1) is 8.53. The summed E-state index contributed by atoms with van der Waals surface area (Å²) in [7, 11) is -2.94. The lowest BCUT2D eigenvalue weighted by atomic mass is 10.3. The van der Waals surface area contributed by atoms with Gasteiger partial charge >= 0.3 is 0 Å². The molecule has 0 aliphatic rings. The summed E-state index contributed by atoms with van der Waals surface area (Å²) in [6.07, 6.45) is 0.673. The third kappa shape index (κ3) is 2.72. The monoisotopic (exact) mass is 266 g/mol. The molecule has 2 rings (SSSR count). The average molecular weight is 266 g/mol. The number of aromatic nitrogens is 2. The van der Waals surface area contributed by atoms with Gasteiger partial charge in [-0.15, -0.1) is 0 Å². The fourth-order valence-electron chi connectivity index (χ4n) is 2.12. The van der Waals surface area contributed by atoms with Gasteiger partial charge < -0.3 is 4.57 Å². The third-order valence-electron chi connectivity index (χ3n) is 2.99. The van der Waals surface area contributed by atoms with E-state index >= 15 is 0 Å². The van der Waals surface area contributed by atoms with Crippen molar-refractivity contribution < 1.29 is 8.42 Å². The van der Waals surface area contributed by atoms with Crippen molar-refractivity contribution in [2.24, 2.45) is 0 Å². The van der Waals surface area contributed by atoms with E-state index in [2.05, 4.69) is 4.98 Å². The van der Waals surface area contributed by atoms with E-state index in [9.17, 15) is 8.42 Å². The summed E-state index contributed by atoms with van der Waals surface area (Å²) < 4.78 is 25.5. The van der Waals surface area contributed by atoms with Gasteiger partial charge in [0, 0.05) is 12.3 Å². The van der Waals surface area contributed by atoms with Crippen LogP contribution in [0.15, 0.2) is 24.3 Å². The summed E-state index contributed by atoms with van der Waals surface area (Å²) >= 11 is 0. The van der Waals surface area contributed by atoms with Crippen molar-refractivity contribution in [3.63, 3.8) is 0 Å². The maximum Gasteiger partial charge on any atom is 0.152 e. The van der Waals surface area contributed by atoms with Crippen LogP contribution >= 0.6 is 0 Å². The molecule has 0 amide bonds. The van der Waals surface area contributed by atoms with Crippen LogP contribution in [0.2, 0.25) is 0 Å². The Labute approximate surface area is 108 Å². The minimum absolute atomic E-state index is 0.183. The van der Waals surface area contributed by atoms with Crippen LogP contribution in [0.1, 0.15) is 19.2 Å². The quantitative estimate of drug-likeness (QED) is 0.833. The minimum atomic E-state index is -2.94. The zero-order chi connectivity index (χ0) is 13.2. The molecular formula is C13H18N2O2S. The predicted molar refractivity (Wildman–Crippen MR) is 73.4 cm³/mol. The average Bonchev–Trinajstić information content (AvgIpc) is 2.62. The third-order valence-corrected chi connectivity index (χ3v) is 4.82. The standard InChI is InChI=1S/C13H18N2O2S/c1-3-9-18(16,17)10-8-15-11(2)14-12-6-4-5-7-13(12)15/h4-7H,3,8-10H2,1-2H3. The van der Waals surface area contributed by atoms with Gasteiger partial charge in [0.2, 0.25) is 0 Å². The van der Waals surface area contributed by atoms with Crippen molar-refractivity contribution >= 4 is 20.9 Å². The highest BCUT2D eigenvalue weighted by Gasteiger charge is 2.12. The van der Waals surface area contributed by atoms with Gasteiger partial charge in [-0.2, -0.15) is 0 Å². The number of fused-ring (bicyclic) bond motifs is 1. The normalized spacial score (nSPS) is 12.1. The summed E-state index contributed by atoms with van der Waals surface area (Å²) in [6.45, 7) is 4.27. The van der Waals surface area contributed by atoms with E-state index in [-0.39, 0.29) is 11.5 Å². The Bertz CT molecular complexity index is 644. The summed E-state index contributed by atoms with van der Waals surface area (Å²) in [5, 5.41) is 0. The number of benzene rings is 1. The van der Waals surface area contributed by atoms with Gasteiger partial charge in [0.05, 0.1) is 16.8 Å². The Morgan fingerprint density at radius 3 is 2.67 bits per heavy atom. The lowest BCUT2D eigenvalue weighted by molar-refractivity contribution is 0.587. The Morgan fingerprint density at radius 2 is 1.94 bits per heavy atom. The Kier molecular flexibility index (Phi) is 3.71. The summed E-state index contributed by atoms with van der Waals surface area (Å²) in [5.41, 5.74) is 1.92. The largest absolute Gasteiger partial charge is 0.327 e. The van der Waals surface area contributed by atoms with E-state index in [0.29, 0.717) is 13.0 Å². The zero-order valence-corrected chi connectivity index (χ0v) is 11.6. The van der Waals surface area contributed by atoms with Crippen LogP contribution in [0.3, 0.4) is 0 Å². The molecule has 98 valence electrons. The van der Waals surface area contributed by atoms with Crippen LogP contribution in [0.5, 0.6) is 0 Å². The van der Waals surface area contributed by atoms with Gasteiger partial charge in [-0.05, 0) is 25.5 Å². The van der Waals surface area contributed by atoms with Gasteiger partial charge in [-0.25, -0.2) is 13.4 Å². The maximum absolute atomic E-state index is 11.7. The second kappa shape index (κ2) is 5.10. The van der Waals surface area contributed by atoms with E-state index in [1.54, 1.807) is 0 Å². The fourth-order valence-corrected chi connectivity index (χ4v) is 3.41. The molecule has 0 saturated carbocycles. The number of aryl methyl sites for hydroxylation is 2. The first-order valence-electron chi connectivity index (χ1n) is 6.16. The van der Waals surface area contributed by atoms with E-state index in [1.165, 1.54) is 0 Å². The van der Waals surface area contributed by atoms with E-state index < -0.39 is 9.84 Å². The van der Waals surface area contributed by atoms with Crippen LogP contribution in [-0.2, 0) is 16.4 Å². The van der Waals surface area contributed by atoms with Crippen molar-refractivity contribution in [3.8, 4) is 0 Å². The molecule has 0 spiro atoms. The van der Waals surface area contributed by atoms with Gasteiger partial charge in [-0.3, -0.25) is 0 Å². The molecule has 0 fully saturated rings. The number of para-hydroxylation sites is 2. The number of imidazole rings is 1. The SMILES string of the molecule is CCCS(=O)(=O)CCn1c(C)nc2ccccc21. The first kappa shape index (κ1) is 13.1.